The molecule has 1 aliphatic rings. The van der Waals surface area contributed by atoms with Crippen LogP contribution in [0, 0.1) is 19.7 Å². The topological polar surface area (TPSA) is 67.6 Å². The highest BCUT2D eigenvalue weighted by atomic mass is 19.1. The molecular formula is C28H28FN3O3. The minimum Gasteiger partial charge on any atom is -0.490 e. The lowest BCUT2D eigenvalue weighted by Crippen LogP contribution is -2.27. The molecule has 0 radical (unpaired) electrons. The van der Waals surface area contributed by atoms with Crippen molar-refractivity contribution in [1.82, 2.24) is 9.55 Å². The molecule has 0 aliphatic carbocycles. The van der Waals surface area contributed by atoms with E-state index in [9.17, 15) is 14.3 Å². The van der Waals surface area contributed by atoms with Crippen molar-refractivity contribution in [3.63, 3.8) is 0 Å². The van der Waals surface area contributed by atoms with Crippen LogP contribution in [-0.4, -0.2) is 39.8 Å². The maximum Gasteiger partial charge on any atom is 0.227 e. The van der Waals surface area contributed by atoms with Crippen molar-refractivity contribution in [1.29, 1.82) is 0 Å². The van der Waals surface area contributed by atoms with Crippen LogP contribution in [0.5, 0.6) is 5.75 Å². The summed E-state index contributed by atoms with van der Waals surface area (Å²) in [5, 5.41) is 10.9. The average Bonchev–Trinajstić information content (AvgIpc) is 3.39. The number of amides is 1. The lowest BCUT2D eigenvalue weighted by atomic mass is 10.1. The van der Waals surface area contributed by atoms with E-state index < -0.39 is 11.9 Å². The van der Waals surface area contributed by atoms with E-state index in [1.807, 2.05) is 60.9 Å². The zero-order valence-corrected chi connectivity index (χ0v) is 19.8. The number of hydrogen-bond acceptors (Lipinski definition) is 4. The van der Waals surface area contributed by atoms with Crippen LogP contribution >= 0.6 is 0 Å². The Balaban J connectivity index is 1.40. The largest absolute Gasteiger partial charge is 0.490 e. The summed E-state index contributed by atoms with van der Waals surface area (Å²) in [5.41, 5.74) is 3.99. The van der Waals surface area contributed by atoms with E-state index in [4.69, 9.17) is 9.72 Å². The maximum absolute atomic E-state index is 14.4. The van der Waals surface area contributed by atoms with Gasteiger partial charge in [-0.05, 0) is 49.2 Å². The molecule has 6 nitrogen and oxygen atoms in total. The first kappa shape index (κ1) is 23.1. The van der Waals surface area contributed by atoms with Crippen LogP contribution in [0.15, 0.2) is 66.7 Å². The van der Waals surface area contributed by atoms with Gasteiger partial charge in [0, 0.05) is 18.9 Å². The van der Waals surface area contributed by atoms with E-state index in [-0.39, 0.29) is 37.1 Å². The van der Waals surface area contributed by atoms with E-state index in [0.29, 0.717) is 12.4 Å². The molecule has 1 fully saturated rings. The van der Waals surface area contributed by atoms with Crippen LogP contribution < -0.4 is 9.64 Å². The molecular weight excluding hydrogens is 445 g/mol. The molecule has 3 aromatic carbocycles. The number of aromatic nitrogens is 2. The summed E-state index contributed by atoms with van der Waals surface area (Å²) in [6.45, 7) is 4.69. The highest BCUT2D eigenvalue weighted by Crippen LogP contribution is 2.34. The predicted molar refractivity (Wildman–Crippen MR) is 133 cm³/mol. The van der Waals surface area contributed by atoms with Crippen molar-refractivity contribution < 1.29 is 19.0 Å². The molecule has 4 aromatic rings. The highest BCUT2D eigenvalue weighted by Gasteiger charge is 2.36. The second-order valence-corrected chi connectivity index (χ2v) is 9.11. The zero-order chi connectivity index (χ0) is 24.5. The Morgan fingerprint density at radius 2 is 1.77 bits per heavy atom. The molecule has 0 unspecified atom stereocenters. The number of carbonyl (C=O) groups is 1. The highest BCUT2D eigenvalue weighted by molar-refractivity contribution is 5.96. The van der Waals surface area contributed by atoms with Gasteiger partial charge in [0.2, 0.25) is 5.91 Å². The molecule has 1 amide bonds. The Labute approximate surface area is 203 Å². The van der Waals surface area contributed by atoms with Crippen LogP contribution in [-0.2, 0) is 11.3 Å². The van der Waals surface area contributed by atoms with E-state index >= 15 is 0 Å². The summed E-state index contributed by atoms with van der Waals surface area (Å²) in [7, 11) is 0. The Kier molecular flexibility index (Phi) is 6.26. The Bertz CT molecular complexity index is 1360. The van der Waals surface area contributed by atoms with Crippen LogP contribution in [0.2, 0.25) is 0 Å². The quantitative estimate of drug-likeness (QED) is 0.421. The lowest BCUT2D eigenvalue weighted by Gasteiger charge is -2.20. The van der Waals surface area contributed by atoms with Gasteiger partial charge < -0.3 is 19.3 Å². The smallest absolute Gasteiger partial charge is 0.227 e. The van der Waals surface area contributed by atoms with Crippen molar-refractivity contribution in [3.8, 4) is 5.75 Å². The molecule has 1 saturated heterocycles. The summed E-state index contributed by atoms with van der Waals surface area (Å²) in [6.07, 6.45) is -0.558. The SMILES string of the molecule is Cc1cccc(C)c1OC[C@H](O)Cn1c([C@H]2CC(=O)N(c3ccccc3F)C2)nc2ccccc21. The number of anilines is 1. The molecule has 0 bridgehead atoms. The van der Waals surface area contributed by atoms with E-state index in [2.05, 4.69) is 0 Å². The van der Waals surface area contributed by atoms with Crippen molar-refractivity contribution >= 4 is 22.6 Å². The number of aliphatic hydroxyl groups is 1. The second kappa shape index (κ2) is 9.50. The van der Waals surface area contributed by atoms with Crippen molar-refractivity contribution in [2.45, 2.75) is 38.8 Å². The number of aliphatic hydroxyl groups excluding tert-OH is 1. The third-order valence-corrected chi connectivity index (χ3v) is 6.54. The molecule has 1 N–H and O–H groups in total. The third-order valence-electron chi connectivity index (χ3n) is 6.54. The number of fused-ring (bicyclic) bond motifs is 1. The monoisotopic (exact) mass is 473 g/mol. The van der Waals surface area contributed by atoms with Gasteiger partial charge in [0.05, 0.1) is 23.3 Å². The first-order valence-electron chi connectivity index (χ1n) is 11.8. The number of nitrogens with zero attached hydrogens (tertiary/aromatic N) is 3. The number of benzene rings is 3. The average molecular weight is 474 g/mol. The first-order valence-corrected chi connectivity index (χ1v) is 11.8. The van der Waals surface area contributed by atoms with E-state index in [0.717, 1.165) is 27.9 Å². The van der Waals surface area contributed by atoms with E-state index in [1.165, 1.54) is 11.0 Å². The number of carbonyl (C=O) groups excluding carboxylic acids is 1. The molecule has 0 spiro atoms. The molecule has 2 atom stereocenters. The fraction of sp³-hybridized carbons (Fsp3) is 0.286. The zero-order valence-electron chi connectivity index (χ0n) is 19.8. The molecule has 35 heavy (non-hydrogen) atoms. The van der Waals surface area contributed by atoms with Crippen molar-refractivity contribution in [2.24, 2.45) is 0 Å². The van der Waals surface area contributed by atoms with Gasteiger partial charge in [-0.25, -0.2) is 9.37 Å². The summed E-state index contributed by atoms with van der Waals surface area (Å²) in [6, 6.07) is 20.0. The fourth-order valence-electron chi connectivity index (χ4n) is 4.85. The Hall–Kier alpha value is -3.71. The van der Waals surface area contributed by atoms with Gasteiger partial charge in [-0.15, -0.1) is 0 Å². The number of ether oxygens (including phenoxy) is 1. The van der Waals surface area contributed by atoms with Gasteiger partial charge in [-0.3, -0.25) is 4.79 Å². The summed E-state index contributed by atoms with van der Waals surface area (Å²) in [5.74, 6) is 0.710. The number of halogens is 1. The number of rotatable bonds is 7. The van der Waals surface area contributed by atoms with Gasteiger partial charge in [-0.1, -0.05) is 42.5 Å². The molecule has 5 rings (SSSR count). The Morgan fingerprint density at radius 3 is 2.54 bits per heavy atom. The standard InChI is InChI=1S/C28H28FN3O3/c1-18-8-7-9-19(2)27(18)35-17-21(33)16-32-25-13-6-4-11-23(25)30-28(32)20-14-26(34)31(15-20)24-12-5-3-10-22(24)29/h3-13,20-21,33H,14-17H2,1-2H3/t20-,21+/m0/s1. The molecule has 180 valence electrons. The van der Waals surface area contributed by atoms with Crippen LogP contribution in [0.1, 0.15) is 29.3 Å². The maximum atomic E-state index is 14.4. The molecule has 7 heteroatoms. The molecule has 1 aliphatic heterocycles. The second-order valence-electron chi connectivity index (χ2n) is 9.11. The van der Waals surface area contributed by atoms with Gasteiger partial charge in [-0.2, -0.15) is 0 Å². The third kappa shape index (κ3) is 4.51. The van der Waals surface area contributed by atoms with Gasteiger partial charge >= 0.3 is 0 Å². The minimum absolute atomic E-state index is 0.128. The first-order chi connectivity index (χ1) is 16.9. The van der Waals surface area contributed by atoms with Crippen LogP contribution in [0.4, 0.5) is 10.1 Å². The van der Waals surface area contributed by atoms with Crippen molar-refractivity contribution in [2.75, 3.05) is 18.1 Å². The molecule has 0 saturated carbocycles. The number of aryl methyl sites for hydroxylation is 2. The lowest BCUT2D eigenvalue weighted by molar-refractivity contribution is -0.117. The summed E-state index contributed by atoms with van der Waals surface area (Å²) >= 11 is 0. The number of para-hydroxylation sites is 4. The Morgan fingerprint density at radius 1 is 1.06 bits per heavy atom. The number of imidazole rings is 1. The molecule has 2 heterocycles. The van der Waals surface area contributed by atoms with E-state index in [1.54, 1.807) is 18.2 Å². The van der Waals surface area contributed by atoms with Gasteiger partial charge in [0.15, 0.2) is 0 Å². The van der Waals surface area contributed by atoms with Crippen LogP contribution in [0.3, 0.4) is 0 Å². The summed E-state index contributed by atoms with van der Waals surface area (Å²) < 4.78 is 22.3. The van der Waals surface area contributed by atoms with Crippen molar-refractivity contribution in [3.05, 3.63) is 89.5 Å². The summed E-state index contributed by atoms with van der Waals surface area (Å²) in [4.78, 5) is 19.1. The van der Waals surface area contributed by atoms with Crippen LogP contribution in [0.25, 0.3) is 11.0 Å². The van der Waals surface area contributed by atoms with Gasteiger partial charge in [0.1, 0.15) is 30.1 Å². The predicted octanol–water partition coefficient (Wildman–Crippen LogP) is 4.75. The minimum atomic E-state index is -0.787. The van der Waals surface area contributed by atoms with Gasteiger partial charge in [0.25, 0.3) is 0 Å². The fourth-order valence-corrected chi connectivity index (χ4v) is 4.85. The number of hydrogen-bond donors (Lipinski definition) is 1. The molecule has 1 aromatic heterocycles. The normalized spacial score (nSPS) is 16.7.